The van der Waals surface area contributed by atoms with Gasteiger partial charge in [-0.2, -0.15) is 0 Å². The van der Waals surface area contributed by atoms with Gasteiger partial charge in [-0.05, 0) is 18.6 Å². The van der Waals surface area contributed by atoms with Gasteiger partial charge in [-0.3, -0.25) is 0 Å². The summed E-state index contributed by atoms with van der Waals surface area (Å²) in [5.74, 6) is -0.0447. The van der Waals surface area contributed by atoms with Crippen LogP contribution in [0.15, 0.2) is 18.3 Å². The first-order valence-electron chi connectivity index (χ1n) is 4.97. The van der Waals surface area contributed by atoms with Crippen LogP contribution in [0.4, 0.5) is 10.2 Å². The third kappa shape index (κ3) is 4.71. The fourth-order valence-corrected chi connectivity index (χ4v) is 1.08. The normalized spacial score (nSPS) is 10.3. The number of halogens is 1. The molecule has 15 heavy (non-hydrogen) atoms. The molecule has 84 valence electrons. The minimum atomic E-state index is -0.333. The first-order valence-corrected chi connectivity index (χ1v) is 4.97. The highest BCUT2D eigenvalue weighted by Gasteiger charge is 1.99. The smallest absolute Gasteiger partial charge is 0.165 e. The number of hydrogen-bond acceptors (Lipinski definition) is 4. The van der Waals surface area contributed by atoms with Crippen molar-refractivity contribution in [3.63, 3.8) is 0 Å². The zero-order valence-electron chi connectivity index (χ0n) is 8.58. The van der Waals surface area contributed by atoms with Gasteiger partial charge in [0.25, 0.3) is 0 Å². The van der Waals surface area contributed by atoms with Crippen LogP contribution < -0.4 is 11.1 Å². The molecule has 0 aliphatic heterocycles. The number of ether oxygens (including phenoxy) is 1. The van der Waals surface area contributed by atoms with E-state index < -0.39 is 0 Å². The van der Waals surface area contributed by atoms with Gasteiger partial charge in [0.2, 0.25) is 0 Å². The van der Waals surface area contributed by atoms with E-state index in [1.54, 1.807) is 12.3 Å². The van der Waals surface area contributed by atoms with Crippen LogP contribution in [0, 0.1) is 5.82 Å². The Morgan fingerprint density at radius 1 is 1.47 bits per heavy atom. The molecule has 0 saturated heterocycles. The minimum absolute atomic E-state index is 0.288. The van der Waals surface area contributed by atoms with Crippen LogP contribution in [0.5, 0.6) is 0 Å². The monoisotopic (exact) mass is 213 g/mol. The van der Waals surface area contributed by atoms with E-state index in [2.05, 4.69) is 10.3 Å². The van der Waals surface area contributed by atoms with E-state index in [0.717, 1.165) is 6.42 Å². The van der Waals surface area contributed by atoms with Gasteiger partial charge in [0, 0.05) is 25.9 Å². The predicted molar refractivity (Wildman–Crippen MR) is 57.2 cm³/mol. The Hall–Kier alpha value is -1.20. The zero-order valence-corrected chi connectivity index (χ0v) is 8.58. The van der Waals surface area contributed by atoms with Gasteiger partial charge in [0.05, 0.1) is 6.61 Å². The maximum atomic E-state index is 13.0. The van der Waals surface area contributed by atoms with E-state index in [-0.39, 0.29) is 11.6 Å². The molecule has 0 bridgehead atoms. The van der Waals surface area contributed by atoms with E-state index in [4.69, 9.17) is 10.5 Å². The second kappa shape index (κ2) is 7.14. The summed E-state index contributed by atoms with van der Waals surface area (Å²) in [5, 5.41) is 2.89. The Morgan fingerprint density at radius 3 is 3.07 bits per heavy atom. The van der Waals surface area contributed by atoms with Crippen LogP contribution >= 0.6 is 0 Å². The molecule has 0 fully saturated rings. The molecular weight excluding hydrogens is 197 g/mol. The first-order chi connectivity index (χ1) is 7.34. The molecule has 0 aliphatic carbocycles. The molecule has 1 aromatic rings. The van der Waals surface area contributed by atoms with Gasteiger partial charge >= 0.3 is 0 Å². The molecule has 1 aromatic heterocycles. The van der Waals surface area contributed by atoms with Crippen molar-refractivity contribution in [3.8, 4) is 0 Å². The highest BCUT2D eigenvalue weighted by Crippen LogP contribution is 2.07. The fraction of sp³-hybridized carbons (Fsp3) is 0.500. The molecule has 1 heterocycles. The number of rotatable bonds is 7. The van der Waals surface area contributed by atoms with Crippen LogP contribution in [0.3, 0.4) is 0 Å². The number of aromatic nitrogens is 1. The molecule has 0 atom stereocenters. The van der Waals surface area contributed by atoms with E-state index in [1.807, 2.05) is 0 Å². The third-order valence-electron chi connectivity index (χ3n) is 1.78. The summed E-state index contributed by atoms with van der Waals surface area (Å²) in [5.41, 5.74) is 5.25. The van der Waals surface area contributed by atoms with E-state index in [0.29, 0.717) is 26.3 Å². The molecule has 0 amide bonds. The second-order valence-corrected chi connectivity index (χ2v) is 3.02. The van der Waals surface area contributed by atoms with Crippen LogP contribution in [0.1, 0.15) is 6.42 Å². The van der Waals surface area contributed by atoms with Crippen LogP contribution in [0.2, 0.25) is 0 Å². The van der Waals surface area contributed by atoms with Crippen LogP contribution in [-0.4, -0.2) is 31.3 Å². The highest BCUT2D eigenvalue weighted by molar-refractivity contribution is 5.35. The number of nitrogens with zero attached hydrogens (tertiary/aromatic N) is 1. The predicted octanol–water partition coefficient (Wildman–Crippen LogP) is 0.998. The molecule has 0 radical (unpaired) electrons. The van der Waals surface area contributed by atoms with Gasteiger partial charge in [-0.25, -0.2) is 9.37 Å². The molecule has 0 aliphatic rings. The summed E-state index contributed by atoms with van der Waals surface area (Å²) in [4.78, 5) is 3.87. The topological polar surface area (TPSA) is 60.2 Å². The summed E-state index contributed by atoms with van der Waals surface area (Å²) >= 11 is 0. The summed E-state index contributed by atoms with van der Waals surface area (Å²) in [6.07, 6.45) is 2.35. The first kappa shape index (κ1) is 11.9. The molecular formula is C10H16FN3O. The Bertz CT molecular complexity index is 283. The average molecular weight is 213 g/mol. The van der Waals surface area contributed by atoms with Crippen molar-refractivity contribution in [2.45, 2.75) is 6.42 Å². The molecule has 3 N–H and O–H groups in total. The lowest BCUT2D eigenvalue weighted by molar-refractivity contribution is 0.141. The van der Waals surface area contributed by atoms with Gasteiger partial charge in [-0.1, -0.05) is 0 Å². The Balaban J connectivity index is 2.12. The fourth-order valence-electron chi connectivity index (χ4n) is 1.08. The molecule has 0 saturated carbocycles. The molecule has 1 rings (SSSR count). The van der Waals surface area contributed by atoms with E-state index in [9.17, 15) is 4.39 Å². The Labute approximate surface area is 88.6 Å². The molecule has 5 heteroatoms. The summed E-state index contributed by atoms with van der Waals surface area (Å²) in [7, 11) is 0. The Morgan fingerprint density at radius 2 is 2.33 bits per heavy atom. The van der Waals surface area contributed by atoms with Crippen molar-refractivity contribution < 1.29 is 9.13 Å². The second-order valence-electron chi connectivity index (χ2n) is 3.02. The lowest BCUT2D eigenvalue weighted by Gasteiger charge is -2.06. The SMILES string of the molecule is NCCOCCCNc1ncccc1F. The van der Waals surface area contributed by atoms with Crippen molar-refractivity contribution >= 4 is 5.82 Å². The number of anilines is 1. The van der Waals surface area contributed by atoms with Crippen LogP contribution in [0.25, 0.3) is 0 Å². The minimum Gasteiger partial charge on any atom is -0.380 e. The molecule has 0 unspecified atom stereocenters. The number of nitrogens with one attached hydrogen (secondary N) is 1. The van der Waals surface area contributed by atoms with E-state index >= 15 is 0 Å². The number of hydrogen-bond donors (Lipinski definition) is 2. The van der Waals surface area contributed by atoms with Crippen molar-refractivity contribution in [1.29, 1.82) is 0 Å². The van der Waals surface area contributed by atoms with Crippen molar-refractivity contribution in [3.05, 3.63) is 24.1 Å². The maximum absolute atomic E-state index is 13.0. The maximum Gasteiger partial charge on any atom is 0.165 e. The quantitative estimate of drug-likeness (QED) is 0.663. The Kier molecular flexibility index (Phi) is 5.65. The third-order valence-corrected chi connectivity index (χ3v) is 1.78. The largest absolute Gasteiger partial charge is 0.380 e. The van der Waals surface area contributed by atoms with Gasteiger partial charge in [0.1, 0.15) is 0 Å². The van der Waals surface area contributed by atoms with Gasteiger partial charge in [0.15, 0.2) is 11.6 Å². The zero-order chi connectivity index (χ0) is 10.9. The molecule has 0 spiro atoms. The summed E-state index contributed by atoms with van der Waals surface area (Å²) in [6, 6.07) is 2.94. The average Bonchev–Trinajstić information content (AvgIpc) is 2.25. The van der Waals surface area contributed by atoms with E-state index in [1.165, 1.54) is 6.07 Å². The highest BCUT2D eigenvalue weighted by atomic mass is 19.1. The lowest BCUT2D eigenvalue weighted by atomic mass is 10.4. The standard InChI is InChI=1S/C10H16FN3O/c11-9-3-1-5-13-10(9)14-6-2-7-15-8-4-12/h1,3,5H,2,4,6-8,12H2,(H,13,14). The van der Waals surface area contributed by atoms with Crippen molar-refractivity contribution in [2.24, 2.45) is 5.73 Å². The van der Waals surface area contributed by atoms with Crippen molar-refractivity contribution in [1.82, 2.24) is 4.98 Å². The van der Waals surface area contributed by atoms with Crippen molar-refractivity contribution in [2.75, 3.05) is 31.6 Å². The lowest BCUT2D eigenvalue weighted by Crippen LogP contribution is -2.12. The summed E-state index contributed by atoms with van der Waals surface area (Å²) in [6.45, 7) is 2.36. The summed E-state index contributed by atoms with van der Waals surface area (Å²) < 4.78 is 18.2. The molecule has 4 nitrogen and oxygen atoms in total. The van der Waals surface area contributed by atoms with Gasteiger partial charge in [-0.15, -0.1) is 0 Å². The van der Waals surface area contributed by atoms with Crippen LogP contribution in [-0.2, 0) is 4.74 Å². The number of pyridine rings is 1. The number of nitrogens with two attached hydrogens (primary N) is 1. The molecule has 0 aromatic carbocycles. The van der Waals surface area contributed by atoms with Gasteiger partial charge < -0.3 is 15.8 Å².